The minimum Gasteiger partial charge on any atom is -0.413 e. The maximum atomic E-state index is 7.01. The second-order valence-corrected chi connectivity index (χ2v) is 24.4. The molecule has 0 rings (SSSR count). The molecule has 0 aromatic rings. The maximum Gasteiger partial charge on any atom is 0.352 e. The topological polar surface area (TPSA) is 83.1 Å². The molecule has 0 saturated carbocycles. The first kappa shape index (κ1) is 37.5. The molecule has 0 aromatic heterocycles. The van der Waals surface area contributed by atoms with Crippen molar-refractivity contribution in [3.63, 3.8) is 0 Å². The van der Waals surface area contributed by atoms with Gasteiger partial charge in [-0.25, -0.2) is 0 Å². The van der Waals surface area contributed by atoms with Crippen LogP contribution in [0.5, 0.6) is 0 Å². The van der Waals surface area contributed by atoms with Crippen molar-refractivity contribution in [3.05, 3.63) is 0 Å². The average Bonchev–Trinajstić information content (AvgIpc) is 2.74. The Balaban J connectivity index is 6.26. The van der Waals surface area contributed by atoms with Gasteiger partial charge in [-0.2, -0.15) is 0 Å². The Bertz CT molecular complexity index is 567. The Hall–Kier alpha value is 0.508. The van der Waals surface area contributed by atoms with Crippen molar-refractivity contribution in [3.8, 4) is 0 Å². The molecule has 224 valence electrons. The SMILES string of the molecule is CCO[Si](C)(COC(C)C)O[Si](C)(COC(C)C)O[Si](C)(COC(C)C)O[Si](C)(COC(C)C)OCC. The molecule has 0 N–H and O–H groups in total. The lowest BCUT2D eigenvalue weighted by Crippen LogP contribution is -2.66. The molecular formula is C24H58O9Si4. The van der Waals surface area contributed by atoms with E-state index in [4.69, 9.17) is 40.1 Å². The molecule has 0 heterocycles. The van der Waals surface area contributed by atoms with Crippen LogP contribution in [0.3, 0.4) is 0 Å². The van der Waals surface area contributed by atoms with Crippen LogP contribution in [0.4, 0.5) is 0 Å². The minimum atomic E-state index is -3.01. The molecule has 0 saturated heterocycles. The lowest BCUT2D eigenvalue weighted by molar-refractivity contribution is 0.0583. The van der Waals surface area contributed by atoms with E-state index in [0.29, 0.717) is 38.1 Å². The van der Waals surface area contributed by atoms with Gasteiger partial charge < -0.3 is 40.1 Å². The summed E-state index contributed by atoms with van der Waals surface area (Å²) in [4.78, 5) is 0. The van der Waals surface area contributed by atoms with Crippen LogP contribution in [0.1, 0.15) is 69.2 Å². The van der Waals surface area contributed by atoms with Crippen molar-refractivity contribution in [2.24, 2.45) is 0 Å². The maximum absolute atomic E-state index is 7.01. The van der Waals surface area contributed by atoms with Gasteiger partial charge in [-0.1, -0.05) is 0 Å². The van der Waals surface area contributed by atoms with Gasteiger partial charge in [0.2, 0.25) is 0 Å². The van der Waals surface area contributed by atoms with E-state index in [1.807, 2.05) is 95.4 Å². The molecule has 0 bridgehead atoms. The summed E-state index contributed by atoms with van der Waals surface area (Å²) in [5.74, 6) is 0. The van der Waals surface area contributed by atoms with E-state index >= 15 is 0 Å². The molecule has 13 heteroatoms. The van der Waals surface area contributed by atoms with Crippen LogP contribution >= 0.6 is 0 Å². The molecule has 4 atom stereocenters. The van der Waals surface area contributed by atoms with E-state index in [0.717, 1.165) is 0 Å². The van der Waals surface area contributed by atoms with Gasteiger partial charge in [-0.3, -0.25) is 0 Å². The summed E-state index contributed by atoms with van der Waals surface area (Å²) in [7, 11) is -11.5. The Morgan fingerprint density at radius 1 is 0.405 bits per heavy atom. The zero-order valence-corrected chi connectivity index (χ0v) is 30.2. The van der Waals surface area contributed by atoms with Crippen LogP contribution in [-0.2, 0) is 40.1 Å². The van der Waals surface area contributed by atoms with Crippen LogP contribution in [0.25, 0.3) is 0 Å². The van der Waals surface area contributed by atoms with Gasteiger partial charge in [0.05, 0.1) is 49.3 Å². The van der Waals surface area contributed by atoms with Crippen LogP contribution in [0, 0.1) is 0 Å². The molecule has 0 radical (unpaired) electrons. The standard InChI is InChI=1S/C24H58O9Si4/c1-15-29-34(11,17-25-21(3)4)31-36(13,19-27-23(7)8)33-37(14,20-28-24(9)10)32-35(12,30-16-2)18-26-22(5)6/h21-24H,15-20H2,1-14H3. The fourth-order valence-electron chi connectivity index (χ4n) is 3.61. The third-order valence-electron chi connectivity index (χ3n) is 4.91. The second-order valence-electron chi connectivity index (χ2n) is 11.1. The summed E-state index contributed by atoms with van der Waals surface area (Å²) in [6.07, 6.45) is 1.66. The van der Waals surface area contributed by atoms with Crippen LogP contribution in [0.15, 0.2) is 0 Å². The van der Waals surface area contributed by atoms with E-state index in [2.05, 4.69) is 0 Å². The zero-order chi connectivity index (χ0) is 28.9. The molecule has 0 aliphatic rings. The Kier molecular flexibility index (Phi) is 17.6. The van der Waals surface area contributed by atoms with Crippen molar-refractivity contribution in [1.29, 1.82) is 0 Å². The van der Waals surface area contributed by atoms with Gasteiger partial charge in [-0.15, -0.1) is 0 Å². The van der Waals surface area contributed by atoms with Gasteiger partial charge in [0.25, 0.3) is 0 Å². The normalized spacial score (nSPS) is 19.3. The van der Waals surface area contributed by atoms with E-state index in [9.17, 15) is 0 Å². The summed E-state index contributed by atoms with van der Waals surface area (Å²) >= 11 is 0. The van der Waals surface area contributed by atoms with E-state index in [1.165, 1.54) is 0 Å². The summed E-state index contributed by atoms with van der Waals surface area (Å²) in [5, 5.41) is 0. The van der Waals surface area contributed by atoms with E-state index in [-0.39, 0.29) is 24.4 Å². The summed E-state index contributed by atoms with van der Waals surface area (Å²) in [5.41, 5.74) is 0. The largest absolute Gasteiger partial charge is 0.413 e. The smallest absolute Gasteiger partial charge is 0.352 e. The highest BCUT2D eigenvalue weighted by atomic mass is 28.5. The van der Waals surface area contributed by atoms with Crippen molar-refractivity contribution in [2.75, 3.05) is 38.1 Å². The first-order valence-electron chi connectivity index (χ1n) is 13.8. The third kappa shape index (κ3) is 17.0. The lowest BCUT2D eigenvalue weighted by Gasteiger charge is -2.44. The van der Waals surface area contributed by atoms with Crippen molar-refractivity contribution < 1.29 is 40.1 Å². The highest BCUT2D eigenvalue weighted by Gasteiger charge is 2.52. The van der Waals surface area contributed by atoms with Crippen LogP contribution in [-0.4, -0.2) is 96.8 Å². The molecule has 9 nitrogen and oxygen atoms in total. The molecule has 37 heavy (non-hydrogen) atoms. The van der Waals surface area contributed by atoms with Gasteiger partial charge in [0.15, 0.2) is 0 Å². The molecule has 0 fully saturated rings. The van der Waals surface area contributed by atoms with E-state index in [1.54, 1.807) is 0 Å². The van der Waals surface area contributed by atoms with Crippen LogP contribution in [0.2, 0.25) is 26.2 Å². The summed E-state index contributed by atoms with van der Waals surface area (Å²) < 4.78 is 57.3. The van der Waals surface area contributed by atoms with Gasteiger partial charge in [0, 0.05) is 13.2 Å². The first-order valence-corrected chi connectivity index (χ1v) is 23.8. The Morgan fingerprint density at radius 3 is 0.838 bits per heavy atom. The predicted molar refractivity (Wildman–Crippen MR) is 157 cm³/mol. The average molecular weight is 603 g/mol. The van der Waals surface area contributed by atoms with Crippen molar-refractivity contribution >= 4 is 34.2 Å². The quantitative estimate of drug-likeness (QED) is 0.154. The molecule has 0 aliphatic heterocycles. The fourth-order valence-corrected chi connectivity index (χ4v) is 21.5. The zero-order valence-electron chi connectivity index (χ0n) is 26.2. The number of ether oxygens (including phenoxy) is 4. The summed E-state index contributed by atoms with van der Waals surface area (Å²) in [6, 6.07) is 0. The number of hydrogen-bond acceptors (Lipinski definition) is 9. The third-order valence-corrected chi connectivity index (χ3v) is 19.8. The molecule has 0 aromatic carbocycles. The van der Waals surface area contributed by atoms with Crippen LogP contribution < -0.4 is 0 Å². The fraction of sp³-hybridized carbons (Fsp3) is 1.00. The highest BCUT2D eigenvalue weighted by molar-refractivity contribution is 6.88. The molecule has 4 unspecified atom stereocenters. The Morgan fingerprint density at radius 2 is 0.622 bits per heavy atom. The van der Waals surface area contributed by atoms with Gasteiger partial charge >= 0.3 is 34.2 Å². The second kappa shape index (κ2) is 17.3. The lowest BCUT2D eigenvalue weighted by atomic mass is 10.5. The first-order chi connectivity index (χ1) is 16.9. The predicted octanol–water partition coefficient (Wildman–Crippen LogP) is 5.25. The highest BCUT2D eigenvalue weighted by Crippen LogP contribution is 2.27. The molecule has 0 spiro atoms. The summed E-state index contributed by atoms with van der Waals surface area (Å²) in [6.45, 7) is 29.2. The van der Waals surface area contributed by atoms with Crippen molar-refractivity contribution in [1.82, 2.24) is 0 Å². The van der Waals surface area contributed by atoms with Crippen molar-refractivity contribution in [2.45, 2.75) is 120 Å². The molecule has 0 amide bonds. The number of rotatable bonds is 22. The Labute approximate surface area is 232 Å². The van der Waals surface area contributed by atoms with Gasteiger partial charge in [0.1, 0.15) is 0 Å². The monoisotopic (exact) mass is 602 g/mol. The van der Waals surface area contributed by atoms with Gasteiger partial charge in [-0.05, 0) is 95.4 Å². The molecule has 0 aliphatic carbocycles. The minimum absolute atomic E-state index is 0.0224. The molecular weight excluding hydrogens is 545 g/mol. The number of hydrogen-bond donors (Lipinski definition) is 0. The van der Waals surface area contributed by atoms with E-state index < -0.39 is 34.2 Å².